The molecule has 0 unspecified atom stereocenters. The van der Waals surface area contributed by atoms with Gasteiger partial charge in [0.25, 0.3) is 0 Å². The van der Waals surface area contributed by atoms with Crippen molar-refractivity contribution in [3.63, 3.8) is 0 Å². The van der Waals surface area contributed by atoms with Gasteiger partial charge in [0.05, 0.1) is 0 Å². The summed E-state index contributed by atoms with van der Waals surface area (Å²) in [5.41, 5.74) is 0. The second-order valence-corrected chi connectivity index (χ2v) is 19.1. The third kappa shape index (κ3) is 47.3. The van der Waals surface area contributed by atoms with E-state index in [-0.39, 0.29) is 31.1 Å². The van der Waals surface area contributed by atoms with Crippen molar-refractivity contribution >= 4 is 17.9 Å². The van der Waals surface area contributed by atoms with E-state index in [4.69, 9.17) is 14.2 Å². The first-order valence-electron chi connectivity index (χ1n) is 26.2. The minimum absolute atomic E-state index is 0.0635. The maximum absolute atomic E-state index is 12.8. The lowest BCUT2D eigenvalue weighted by atomic mass is 10.0. The third-order valence-corrected chi connectivity index (χ3v) is 12.0. The van der Waals surface area contributed by atoms with Gasteiger partial charge in [0, 0.05) is 19.3 Å². The van der Waals surface area contributed by atoms with Crippen LogP contribution in [0.1, 0.15) is 291 Å². The SMILES string of the molecule is CCCCCCCCCCCCCCCC(=O)OC[C@H](COC(=O)CCCCCCCCCCCCCC(C)C)OC(=O)CCCCCCCCCCCCCC(C)C. The van der Waals surface area contributed by atoms with E-state index >= 15 is 0 Å². The van der Waals surface area contributed by atoms with Crippen molar-refractivity contribution in [1.29, 1.82) is 0 Å². The number of hydrogen-bond donors (Lipinski definition) is 0. The Bertz CT molecular complexity index is 900. The second kappa shape index (κ2) is 45.9. The van der Waals surface area contributed by atoms with Gasteiger partial charge in [-0.2, -0.15) is 0 Å². The van der Waals surface area contributed by atoms with Crippen molar-refractivity contribution in [3.8, 4) is 0 Å². The smallest absolute Gasteiger partial charge is 0.306 e. The highest BCUT2D eigenvalue weighted by Gasteiger charge is 2.19. The van der Waals surface area contributed by atoms with Crippen molar-refractivity contribution in [3.05, 3.63) is 0 Å². The number of rotatable bonds is 47. The minimum atomic E-state index is -0.761. The van der Waals surface area contributed by atoms with Crippen LogP contribution in [0.2, 0.25) is 0 Å². The van der Waals surface area contributed by atoms with Crippen molar-refractivity contribution < 1.29 is 28.6 Å². The Morgan fingerprint density at radius 3 is 0.831 bits per heavy atom. The predicted molar refractivity (Wildman–Crippen MR) is 252 cm³/mol. The van der Waals surface area contributed by atoms with Gasteiger partial charge in [0.15, 0.2) is 6.10 Å². The lowest BCUT2D eigenvalue weighted by molar-refractivity contribution is -0.167. The molecule has 0 saturated carbocycles. The van der Waals surface area contributed by atoms with Crippen LogP contribution < -0.4 is 0 Å². The molecule has 0 fully saturated rings. The molecular weight excluding hydrogens is 733 g/mol. The number of unbranched alkanes of at least 4 members (excludes halogenated alkanes) is 32. The van der Waals surface area contributed by atoms with E-state index in [1.54, 1.807) is 0 Å². The van der Waals surface area contributed by atoms with Gasteiger partial charge < -0.3 is 14.2 Å². The lowest BCUT2D eigenvalue weighted by Crippen LogP contribution is -2.30. The first-order chi connectivity index (χ1) is 28.7. The van der Waals surface area contributed by atoms with E-state index < -0.39 is 6.10 Å². The molecule has 0 aromatic rings. The molecule has 1 atom stereocenters. The molecule has 0 N–H and O–H groups in total. The Hall–Kier alpha value is -1.59. The fraction of sp³-hybridized carbons (Fsp3) is 0.943. The average Bonchev–Trinajstić information content (AvgIpc) is 3.20. The summed E-state index contributed by atoms with van der Waals surface area (Å²) in [7, 11) is 0. The zero-order valence-electron chi connectivity index (χ0n) is 40.4. The first kappa shape index (κ1) is 57.4. The quantitative estimate of drug-likeness (QED) is 0.0345. The number of carbonyl (C=O) groups is 3. The van der Waals surface area contributed by atoms with E-state index in [0.29, 0.717) is 19.3 Å². The fourth-order valence-corrected chi connectivity index (χ4v) is 7.99. The van der Waals surface area contributed by atoms with Crippen LogP contribution in [0.3, 0.4) is 0 Å². The topological polar surface area (TPSA) is 78.9 Å². The highest BCUT2D eigenvalue weighted by atomic mass is 16.6. The van der Waals surface area contributed by atoms with E-state index in [1.807, 2.05) is 0 Å². The minimum Gasteiger partial charge on any atom is -0.462 e. The Balaban J connectivity index is 4.32. The number of esters is 3. The summed E-state index contributed by atoms with van der Waals surface area (Å²) < 4.78 is 16.8. The average molecular weight is 835 g/mol. The van der Waals surface area contributed by atoms with E-state index in [1.165, 1.54) is 180 Å². The van der Waals surface area contributed by atoms with Crippen molar-refractivity contribution in [2.24, 2.45) is 11.8 Å². The van der Waals surface area contributed by atoms with Crippen LogP contribution in [0, 0.1) is 11.8 Å². The maximum atomic E-state index is 12.8. The van der Waals surface area contributed by atoms with Crippen LogP contribution in [0.15, 0.2) is 0 Å². The summed E-state index contributed by atoms with van der Waals surface area (Å²) in [6.07, 6.45) is 46.5. The Kier molecular flexibility index (Phi) is 44.7. The van der Waals surface area contributed by atoms with Crippen LogP contribution >= 0.6 is 0 Å². The molecule has 0 spiro atoms. The largest absolute Gasteiger partial charge is 0.462 e. The predicted octanol–water partition coefficient (Wildman–Crippen LogP) is 16.9. The van der Waals surface area contributed by atoms with E-state index in [0.717, 1.165) is 69.6 Å². The van der Waals surface area contributed by atoms with Gasteiger partial charge in [-0.3, -0.25) is 14.4 Å². The number of hydrogen-bond acceptors (Lipinski definition) is 6. The van der Waals surface area contributed by atoms with Gasteiger partial charge in [-0.25, -0.2) is 0 Å². The van der Waals surface area contributed by atoms with Crippen LogP contribution in [-0.4, -0.2) is 37.2 Å². The molecule has 0 bridgehead atoms. The summed E-state index contributed by atoms with van der Waals surface area (Å²) in [6.45, 7) is 11.4. The van der Waals surface area contributed by atoms with Crippen LogP contribution in [-0.2, 0) is 28.6 Å². The molecule has 0 aromatic heterocycles. The summed E-state index contributed by atoms with van der Waals surface area (Å²) in [5, 5.41) is 0. The highest BCUT2D eigenvalue weighted by molar-refractivity contribution is 5.71. The zero-order chi connectivity index (χ0) is 43.3. The van der Waals surface area contributed by atoms with Gasteiger partial charge in [-0.05, 0) is 31.1 Å². The first-order valence-corrected chi connectivity index (χ1v) is 26.2. The molecule has 0 aliphatic heterocycles. The van der Waals surface area contributed by atoms with E-state index in [9.17, 15) is 14.4 Å². The Labute approximate surface area is 368 Å². The molecule has 0 aliphatic carbocycles. The van der Waals surface area contributed by atoms with Gasteiger partial charge in [0.2, 0.25) is 0 Å². The summed E-state index contributed by atoms with van der Waals surface area (Å²) in [4.78, 5) is 38.0. The molecule has 0 saturated heterocycles. The Morgan fingerprint density at radius 2 is 0.559 bits per heavy atom. The summed E-state index contributed by atoms with van der Waals surface area (Å²) in [6, 6.07) is 0. The molecule has 0 heterocycles. The molecule has 0 aliphatic rings. The third-order valence-electron chi connectivity index (χ3n) is 12.0. The van der Waals surface area contributed by atoms with Crippen molar-refractivity contribution in [2.45, 2.75) is 298 Å². The fourth-order valence-electron chi connectivity index (χ4n) is 7.99. The zero-order valence-corrected chi connectivity index (χ0v) is 40.4. The van der Waals surface area contributed by atoms with Crippen molar-refractivity contribution in [2.75, 3.05) is 13.2 Å². The molecule has 0 aromatic carbocycles. The number of carbonyl (C=O) groups excluding carboxylic acids is 3. The van der Waals surface area contributed by atoms with Gasteiger partial charge in [-0.1, -0.05) is 253 Å². The molecule has 6 nitrogen and oxygen atoms in total. The second-order valence-electron chi connectivity index (χ2n) is 19.1. The Morgan fingerprint density at radius 1 is 0.322 bits per heavy atom. The standard InChI is InChI=1S/C53H102O6/c1-6-7-8-9-10-11-12-13-18-23-28-33-38-43-51(54)57-46-50(59-53(56)45-40-35-30-25-20-15-17-22-27-32-37-42-49(4)5)47-58-52(55)44-39-34-29-24-19-14-16-21-26-31-36-41-48(2)3/h48-50H,6-47H2,1-5H3/t50-/m1/s1. The van der Waals surface area contributed by atoms with Crippen LogP contribution in [0.5, 0.6) is 0 Å². The molecule has 0 amide bonds. The van der Waals surface area contributed by atoms with Crippen LogP contribution in [0.25, 0.3) is 0 Å². The molecule has 6 heteroatoms. The normalized spacial score (nSPS) is 12.1. The highest BCUT2D eigenvalue weighted by Crippen LogP contribution is 2.17. The summed E-state index contributed by atoms with van der Waals surface area (Å²) in [5.74, 6) is 0.805. The monoisotopic (exact) mass is 835 g/mol. The molecular formula is C53H102O6. The van der Waals surface area contributed by atoms with Gasteiger partial charge in [-0.15, -0.1) is 0 Å². The molecule has 350 valence electrons. The van der Waals surface area contributed by atoms with Gasteiger partial charge >= 0.3 is 17.9 Å². The van der Waals surface area contributed by atoms with E-state index in [2.05, 4.69) is 34.6 Å². The van der Waals surface area contributed by atoms with Crippen molar-refractivity contribution in [1.82, 2.24) is 0 Å². The summed E-state index contributed by atoms with van der Waals surface area (Å²) >= 11 is 0. The maximum Gasteiger partial charge on any atom is 0.306 e. The number of ether oxygens (including phenoxy) is 3. The molecule has 0 rings (SSSR count). The molecule has 59 heavy (non-hydrogen) atoms. The van der Waals surface area contributed by atoms with Gasteiger partial charge in [0.1, 0.15) is 13.2 Å². The molecule has 0 radical (unpaired) electrons. The lowest BCUT2D eigenvalue weighted by Gasteiger charge is -2.18. The van der Waals surface area contributed by atoms with Crippen LogP contribution in [0.4, 0.5) is 0 Å².